The number of hydrogen-bond acceptors (Lipinski definition) is 8. The number of nitrogens with one attached hydrogen (secondary N) is 2. The lowest BCUT2D eigenvalue weighted by Gasteiger charge is -2.26. The van der Waals surface area contributed by atoms with Crippen molar-refractivity contribution in [2.45, 2.75) is 0 Å². The van der Waals surface area contributed by atoms with Crippen molar-refractivity contribution in [1.29, 1.82) is 0 Å². The highest BCUT2D eigenvalue weighted by Gasteiger charge is 2.12. The van der Waals surface area contributed by atoms with Crippen molar-refractivity contribution in [2.24, 2.45) is 0 Å². The molecule has 2 N–H and O–H groups in total. The number of aromatic nitrogens is 3. The fourth-order valence-corrected chi connectivity index (χ4v) is 3.75. The van der Waals surface area contributed by atoms with E-state index in [0.717, 1.165) is 60.7 Å². The van der Waals surface area contributed by atoms with Gasteiger partial charge in [-0.05, 0) is 24.3 Å². The summed E-state index contributed by atoms with van der Waals surface area (Å²) in [5.74, 6) is 0.746. The van der Waals surface area contributed by atoms with E-state index >= 15 is 0 Å². The van der Waals surface area contributed by atoms with Crippen molar-refractivity contribution < 1.29 is 4.74 Å². The van der Waals surface area contributed by atoms with Gasteiger partial charge >= 0.3 is 0 Å². The van der Waals surface area contributed by atoms with E-state index in [-0.39, 0.29) is 0 Å². The Kier molecular flexibility index (Phi) is 5.45. The Morgan fingerprint density at radius 2 is 1.96 bits per heavy atom. The zero-order valence-electron chi connectivity index (χ0n) is 14.1. The monoisotopic (exact) mass is 390 g/mol. The molecule has 136 valence electrons. The molecular weight excluding hydrogens is 372 g/mol. The van der Waals surface area contributed by atoms with Crippen LogP contribution in [0, 0.1) is 0 Å². The number of thiazole rings is 1. The maximum Gasteiger partial charge on any atom is 0.185 e. The molecule has 0 unspecified atom stereocenters. The number of fused-ring (bicyclic) bond motifs is 1. The summed E-state index contributed by atoms with van der Waals surface area (Å²) < 4.78 is 6.30. The van der Waals surface area contributed by atoms with Crippen molar-refractivity contribution >= 4 is 49.9 Å². The lowest BCUT2D eigenvalue weighted by molar-refractivity contribution is 0.0398. The third kappa shape index (κ3) is 4.21. The number of anilines is 3. The second kappa shape index (κ2) is 8.13. The summed E-state index contributed by atoms with van der Waals surface area (Å²) in [5.41, 5.74) is 1.61. The van der Waals surface area contributed by atoms with Gasteiger partial charge in [0, 0.05) is 36.9 Å². The summed E-state index contributed by atoms with van der Waals surface area (Å²) in [4.78, 5) is 15.6. The lowest BCUT2D eigenvalue weighted by Crippen LogP contribution is -2.38. The molecule has 0 spiro atoms. The number of rotatable bonds is 6. The van der Waals surface area contributed by atoms with E-state index in [4.69, 9.17) is 16.3 Å². The van der Waals surface area contributed by atoms with Gasteiger partial charge in [0.1, 0.15) is 11.0 Å². The minimum absolute atomic E-state index is 0.690. The van der Waals surface area contributed by atoms with Gasteiger partial charge in [-0.25, -0.2) is 9.97 Å². The van der Waals surface area contributed by atoms with E-state index in [1.807, 2.05) is 24.3 Å². The fraction of sp³-hybridized carbons (Fsp3) is 0.353. The topological polar surface area (TPSA) is 75.2 Å². The molecule has 2 aromatic heterocycles. The van der Waals surface area contributed by atoms with Gasteiger partial charge in [-0.2, -0.15) is 4.98 Å². The number of morpholine rings is 1. The lowest BCUT2D eigenvalue weighted by atomic mass is 10.3. The van der Waals surface area contributed by atoms with E-state index < -0.39 is 0 Å². The van der Waals surface area contributed by atoms with E-state index in [1.54, 1.807) is 11.3 Å². The quantitative estimate of drug-likeness (QED) is 0.669. The first-order valence-corrected chi connectivity index (χ1v) is 9.65. The Bertz CT molecular complexity index is 865. The van der Waals surface area contributed by atoms with Gasteiger partial charge in [0.25, 0.3) is 0 Å². The molecule has 1 fully saturated rings. The van der Waals surface area contributed by atoms with Crippen molar-refractivity contribution in [3.8, 4) is 0 Å². The number of benzene rings is 1. The van der Waals surface area contributed by atoms with Gasteiger partial charge in [-0.3, -0.25) is 4.90 Å². The van der Waals surface area contributed by atoms with Gasteiger partial charge < -0.3 is 15.4 Å². The van der Waals surface area contributed by atoms with Crippen LogP contribution in [-0.4, -0.2) is 59.2 Å². The van der Waals surface area contributed by atoms with Crippen LogP contribution < -0.4 is 10.6 Å². The van der Waals surface area contributed by atoms with Crippen LogP contribution in [0.2, 0.25) is 5.02 Å². The van der Waals surface area contributed by atoms with Crippen LogP contribution in [0.5, 0.6) is 0 Å². The van der Waals surface area contributed by atoms with Gasteiger partial charge in [-0.15, -0.1) is 0 Å². The average molecular weight is 391 g/mol. The Morgan fingerprint density at radius 3 is 2.77 bits per heavy atom. The highest BCUT2D eigenvalue weighted by Crippen LogP contribution is 2.31. The zero-order valence-corrected chi connectivity index (χ0v) is 15.7. The first-order chi connectivity index (χ1) is 12.8. The van der Waals surface area contributed by atoms with Crippen molar-refractivity contribution in [2.75, 3.05) is 50.0 Å². The van der Waals surface area contributed by atoms with Gasteiger partial charge in [0.15, 0.2) is 16.6 Å². The Labute approximate surface area is 160 Å². The first-order valence-electron chi connectivity index (χ1n) is 8.46. The molecule has 1 aromatic carbocycles. The van der Waals surface area contributed by atoms with Crippen molar-refractivity contribution in [3.05, 3.63) is 35.6 Å². The summed E-state index contributed by atoms with van der Waals surface area (Å²) in [6.07, 6.45) is 1.53. The molecule has 4 rings (SSSR count). The molecule has 1 saturated heterocycles. The predicted octanol–water partition coefficient (Wildman–Crippen LogP) is 3.23. The normalized spacial score (nSPS) is 15.3. The number of ether oxygens (including phenoxy) is 1. The Morgan fingerprint density at radius 1 is 1.15 bits per heavy atom. The molecule has 0 atom stereocenters. The molecule has 0 amide bonds. The van der Waals surface area contributed by atoms with Gasteiger partial charge in [0.2, 0.25) is 0 Å². The minimum atomic E-state index is 0.690. The zero-order chi connectivity index (χ0) is 17.8. The van der Waals surface area contributed by atoms with Gasteiger partial charge in [-0.1, -0.05) is 22.9 Å². The fourth-order valence-electron chi connectivity index (χ4n) is 2.73. The highest BCUT2D eigenvalue weighted by molar-refractivity contribution is 7.22. The third-order valence-corrected chi connectivity index (χ3v) is 5.37. The SMILES string of the molecule is Clc1ccc(Nc2ncnc3nc(NCCN4CCOCC4)sc23)cc1. The maximum atomic E-state index is 5.94. The highest BCUT2D eigenvalue weighted by atomic mass is 35.5. The standard InChI is InChI=1S/C17H19ClN6OS/c18-12-1-3-13(4-2-12)22-15-14-16(21-11-20-15)23-17(26-14)19-5-6-24-7-9-25-10-8-24/h1-4,11H,5-10H2,(H2,19,20,21,22,23). The molecule has 1 aliphatic heterocycles. The van der Waals surface area contributed by atoms with Crippen LogP contribution in [-0.2, 0) is 4.74 Å². The molecule has 7 nitrogen and oxygen atoms in total. The molecule has 0 saturated carbocycles. The van der Waals surface area contributed by atoms with Gasteiger partial charge in [0.05, 0.1) is 13.2 Å². The van der Waals surface area contributed by atoms with Crippen LogP contribution in [0.25, 0.3) is 10.3 Å². The summed E-state index contributed by atoms with van der Waals surface area (Å²) >= 11 is 7.49. The van der Waals surface area contributed by atoms with Crippen LogP contribution in [0.15, 0.2) is 30.6 Å². The number of nitrogens with zero attached hydrogens (tertiary/aromatic N) is 4. The molecule has 3 aromatic rings. The number of halogens is 1. The van der Waals surface area contributed by atoms with Crippen LogP contribution in [0.3, 0.4) is 0 Å². The molecular formula is C17H19ClN6OS. The Hall–Kier alpha value is -2.00. The van der Waals surface area contributed by atoms with E-state index in [1.165, 1.54) is 6.33 Å². The van der Waals surface area contributed by atoms with Crippen molar-refractivity contribution in [3.63, 3.8) is 0 Å². The summed E-state index contributed by atoms with van der Waals surface area (Å²) in [7, 11) is 0. The van der Waals surface area contributed by atoms with Crippen molar-refractivity contribution in [1.82, 2.24) is 19.9 Å². The van der Waals surface area contributed by atoms with E-state index in [2.05, 4.69) is 30.5 Å². The van der Waals surface area contributed by atoms with E-state index in [9.17, 15) is 0 Å². The summed E-state index contributed by atoms with van der Waals surface area (Å²) in [5, 5.41) is 8.25. The molecule has 26 heavy (non-hydrogen) atoms. The predicted molar refractivity (Wildman–Crippen MR) is 106 cm³/mol. The molecule has 3 heterocycles. The smallest absolute Gasteiger partial charge is 0.185 e. The minimum Gasteiger partial charge on any atom is -0.379 e. The average Bonchev–Trinajstić information content (AvgIpc) is 3.08. The second-order valence-electron chi connectivity index (χ2n) is 5.91. The summed E-state index contributed by atoms with van der Waals surface area (Å²) in [6, 6.07) is 7.51. The first kappa shape index (κ1) is 17.4. The van der Waals surface area contributed by atoms with Crippen LogP contribution in [0.1, 0.15) is 0 Å². The Balaban J connectivity index is 1.43. The number of hydrogen-bond donors (Lipinski definition) is 2. The summed E-state index contributed by atoms with van der Waals surface area (Å²) in [6.45, 7) is 5.42. The second-order valence-corrected chi connectivity index (χ2v) is 7.34. The van der Waals surface area contributed by atoms with Crippen LogP contribution >= 0.6 is 22.9 Å². The van der Waals surface area contributed by atoms with E-state index in [0.29, 0.717) is 10.7 Å². The molecule has 0 aliphatic carbocycles. The molecule has 0 radical (unpaired) electrons. The maximum absolute atomic E-state index is 5.94. The van der Waals surface area contributed by atoms with Crippen LogP contribution in [0.4, 0.5) is 16.6 Å². The third-order valence-electron chi connectivity index (χ3n) is 4.11. The molecule has 9 heteroatoms. The largest absolute Gasteiger partial charge is 0.379 e. The molecule has 0 bridgehead atoms. The molecule has 1 aliphatic rings.